The van der Waals surface area contributed by atoms with Crippen molar-refractivity contribution in [1.29, 1.82) is 0 Å². The van der Waals surface area contributed by atoms with Crippen LogP contribution >= 0.6 is 0 Å². The zero-order valence-electron chi connectivity index (χ0n) is 8.27. The molecule has 5 heteroatoms. The van der Waals surface area contributed by atoms with Crippen LogP contribution in [0.5, 0.6) is 5.75 Å². The highest BCUT2D eigenvalue weighted by atomic mass is 16.5. The van der Waals surface area contributed by atoms with Crippen LogP contribution in [-0.2, 0) is 0 Å². The molecule has 0 fully saturated rings. The van der Waals surface area contributed by atoms with Crippen molar-refractivity contribution in [1.82, 2.24) is 0 Å². The molecule has 0 atom stereocenters. The quantitative estimate of drug-likeness (QED) is 0.787. The normalized spacial score (nSPS) is 9.73. The van der Waals surface area contributed by atoms with Gasteiger partial charge in [0.25, 0.3) is 0 Å². The van der Waals surface area contributed by atoms with Gasteiger partial charge in [-0.2, -0.15) is 0 Å². The van der Waals surface area contributed by atoms with Gasteiger partial charge in [-0.3, -0.25) is 0 Å². The molecule has 0 amide bonds. The van der Waals surface area contributed by atoms with Crippen molar-refractivity contribution in [2.24, 2.45) is 0 Å². The molecule has 0 aliphatic carbocycles. The van der Waals surface area contributed by atoms with Crippen LogP contribution in [0.2, 0.25) is 0 Å². The van der Waals surface area contributed by atoms with Crippen LogP contribution < -0.4 is 4.74 Å². The Hall–Kier alpha value is -2.04. The standard InChI is InChI=1S/C10H10O5/c1-5-3-6(15-2)4-7(9(11)12)8(5)10(13)14/h3-4H,1-2H3,(H,11,12)(H,13,14). The molecule has 0 saturated carbocycles. The number of carboxylic acid groups (broad SMARTS) is 2. The fourth-order valence-corrected chi connectivity index (χ4v) is 1.32. The first kappa shape index (κ1) is 11.0. The Kier molecular flexibility index (Phi) is 2.94. The molecule has 0 heterocycles. The van der Waals surface area contributed by atoms with Crippen molar-refractivity contribution in [3.05, 3.63) is 28.8 Å². The molecule has 1 aromatic carbocycles. The van der Waals surface area contributed by atoms with E-state index in [0.717, 1.165) is 0 Å². The molecule has 0 aliphatic rings. The summed E-state index contributed by atoms with van der Waals surface area (Å²) in [4.78, 5) is 21.7. The number of ether oxygens (including phenoxy) is 1. The molecule has 2 N–H and O–H groups in total. The van der Waals surface area contributed by atoms with Crippen molar-refractivity contribution < 1.29 is 24.5 Å². The van der Waals surface area contributed by atoms with Crippen LogP contribution in [0, 0.1) is 6.92 Å². The molecule has 0 aliphatic heterocycles. The average Bonchev–Trinajstić information content (AvgIpc) is 2.15. The van der Waals surface area contributed by atoms with Gasteiger partial charge in [-0.25, -0.2) is 9.59 Å². The zero-order chi connectivity index (χ0) is 11.6. The van der Waals surface area contributed by atoms with E-state index in [-0.39, 0.29) is 11.1 Å². The van der Waals surface area contributed by atoms with Crippen LogP contribution in [0.3, 0.4) is 0 Å². The van der Waals surface area contributed by atoms with E-state index >= 15 is 0 Å². The molecule has 80 valence electrons. The highest BCUT2D eigenvalue weighted by Gasteiger charge is 2.19. The molecule has 0 spiro atoms. The van der Waals surface area contributed by atoms with E-state index in [1.165, 1.54) is 26.2 Å². The van der Waals surface area contributed by atoms with Crippen molar-refractivity contribution in [3.8, 4) is 5.75 Å². The Morgan fingerprint density at radius 1 is 1.20 bits per heavy atom. The summed E-state index contributed by atoms with van der Waals surface area (Å²) in [6, 6.07) is 2.68. The Morgan fingerprint density at radius 3 is 2.20 bits per heavy atom. The number of carboxylic acids is 2. The van der Waals surface area contributed by atoms with E-state index in [1.807, 2.05) is 0 Å². The summed E-state index contributed by atoms with van der Waals surface area (Å²) in [5.41, 5.74) is -0.109. The van der Waals surface area contributed by atoms with Crippen LogP contribution in [0.4, 0.5) is 0 Å². The summed E-state index contributed by atoms with van der Waals surface area (Å²) < 4.78 is 4.86. The maximum atomic E-state index is 10.8. The van der Waals surface area contributed by atoms with Crippen LogP contribution in [0.1, 0.15) is 26.3 Å². The van der Waals surface area contributed by atoms with Crippen LogP contribution in [0.15, 0.2) is 12.1 Å². The van der Waals surface area contributed by atoms with E-state index in [2.05, 4.69) is 0 Å². The minimum absolute atomic E-state index is 0.205. The molecular formula is C10H10O5. The minimum Gasteiger partial charge on any atom is -0.497 e. The number of aromatic carboxylic acids is 2. The maximum Gasteiger partial charge on any atom is 0.336 e. The van der Waals surface area contributed by atoms with Gasteiger partial charge in [0.2, 0.25) is 0 Å². The Bertz CT molecular complexity index is 422. The highest BCUT2D eigenvalue weighted by molar-refractivity contribution is 6.03. The van der Waals surface area contributed by atoms with Crippen LogP contribution in [0.25, 0.3) is 0 Å². The Balaban J connectivity index is 3.49. The topological polar surface area (TPSA) is 83.8 Å². The third-order valence-corrected chi connectivity index (χ3v) is 1.99. The maximum absolute atomic E-state index is 10.8. The van der Waals surface area contributed by atoms with Crippen molar-refractivity contribution >= 4 is 11.9 Å². The molecule has 0 aromatic heterocycles. The van der Waals surface area contributed by atoms with Gasteiger partial charge < -0.3 is 14.9 Å². The zero-order valence-corrected chi connectivity index (χ0v) is 8.27. The van der Waals surface area contributed by atoms with E-state index in [1.54, 1.807) is 0 Å². The molecule has 5 nitrogen and oxygen atoms in total. The number of benzene rings is 1. The SMILES string of the molecule is COc1cc(C)c(C(=O)O)c(C(=O)O)c1. The second kappa shape index (κ2) is 4.00. The number of hydrogen-bond donors (Lipinski definition) is 2. The summed E-state index contributed by atoms with van der Waals surface area (Å²) in [6.45, 7) is 1.53. The van der Waals surface area contributed by atoms with Gasteiger partial charge in [0.05, 0.1) is 18.2 Å². The lowest BCUT2D eigenvalue weighted by Gasteiger charge is -2.08. The number of carbonyl (C=O) groups is 2. The summed E-state index contributed by atoms with van der Waals surface area (Å²) in [5.74, 6) is -2.21. The Labute approximate surface area is 85.9 Å². The summed E-state index contributed by atoms with van der Waals surface area (Å²) >= 11 is 0. The smallest absolute Gasteiger partial charge is 0.336 e. The number of rotatable bonds is 3. The highest BCUT2D eigenvalue weighted by Crippen LogP contribution is 2.22. The van der Waals surface area contributed by atoms with Gasteiger partial charge in [0.15, 0.2) is 0 Å². The molecule has 0 radical (unpaired) electrons. The first-order chi connectivity index (χ1) is 6.97. The van der Waals surface area contributed by atoms with E-state index < -0.39 is 11.9 Å². The molecule has 0 unspecified atom stereocenters. The van der Waals surface area contributed by atoms with E-state index in [9.17, 15) is 9.59 Å². The molecule has 0 bridgehead atoms. The van der Waals surface area contributed by atoms with Gasteiger partial charge in [0, 0.05) is 0 Å². The third kappa shape index (κ3) is 2.07. The monoisotopic (exact) mass is 210 g/mol. The van der Waals surface area contributed by atoms with Gasteiger partial charge in [0.1, 0.15) is 5.75 Å². The van der Waals surface area contributed by atoms with E-state index in [4.69, 9.17) is 14.9 Å². The van der Waals surface area contributed by atoms with Gasteiger partial charge in [-0.15, -0.1) is 0 Å². The summed E-state index contributed by atoms with van der Waals surface area (Å²) in [6.07, 6.45) is 0. The first-order valence-electron chi connectivity index (χ1n) is 4.12. The van der Waals surface area contributed by atoms with Gasteiger partial charge in [-0.1, -0.05) is 0 Å². The lowest BCUT2D eigenvalue weighted by atomic mass is 10.0. The second-order valence-electron chi connectivity index (χ2n) is 2.98. The minimum atomic E-state index is -1.28. The summed E-state index contributed by atoms with van der Waals surface area (Å²) in [7, 11) is 1.39. The first-order valence-corrected chi connectivity index (χ1v) is 4.12. The second-order valence-corrected chi connectivity index (χ2v) is 2.98. The Morgan fingerprint density at radius 2 is 1.80 bits per heavy atom. The number of aryl methyl sites for hydroxylation is 1. The van der Waals surface area contributed by atoms with Crippen molar-refractivity contribution in [2.45, 2.75) is 6.92 Å². The number of methoxy groups -OCH3 is 1. The van der Waals surface area contributed by atoms with E-state index in [0.29, 0.717) is 11.3 Å². The van der Waals surface area contributed by atoms with Gasteiger partial charge in [-0.05, 0) is 24.6 Å². The largest absolute Gasteiger partial charge is 0.497 e. The van der Waals surface area contributed by atoms with Crippen LogP contribution in [-0.4, -0.2) is 29.3 Å². The third-order valence-electron chi connectivity index (χ3n) is 1.99. The van der Waals surface area contributed by atoms with Crippen molar-refractivity contribution in [3.63, 3.8) is 0 Å². The fraction of sp³-hybridized carbons (Fsp3) is 0.200. The molecule has 15 heavy (non-hydrogen) atoms. The fourth-order valence-electron chi connectivity index (χ4n) is 1.32. The molecular weight excluding hydrogens is 200 g/mol. The molecule has 1 rings (SSSR count). The molecule has 0 saturated heterocycles. The lowest BCUT2D eigenvalue weighted by Crippen LogP contribution is -2.10. The lowest BCUT2D eigenvalue weighted by molar-refractivity contribution is 0.0650. The summed E-state index contributed by atoms with van der Waals surface area (Å²) in [5, 5.41) is 17.7. The van der Waals surface area contributed by atoms with Gasteiger partial charge >= 0.3 is 11.9 Å². The predicted molar refractivity (Wildman–Crippen MR) is 51.6 cm³/mol. The number of hydrogen-bond acceptors (Lipinski definition) is 3. The predicted octanol–water partition coefficient (Wildman–Crippen LogP) is 1.40. The molecule has 1 aromatic rings. The average molecular weight is 210 g/mol. The van der Waals surface area contributed by atoms with Crippen molar-refractivity contribution in [2.75, 3.05) is 7.11 Å².